The van der Waals surface area contributed by atoms with Crippen molar-refractivity contribution in [2.75, 3.05) is 52.5 Å². The summed E-state index contributed by atoms with van der Waals surface area (Å²) in [6.45, 7) is 12.8. The lowest BCUT2D eigenvalue weighted by Gasteiger charge is -2.31. The van der Waals surface area contributed by atoms with E-state index in [0.717, 1.165) is 57.1 Å². The Morgan fingerprint density at radius 2 is 1.84 bits per heavy atom. The van der Waals surface area contributed by atoms with Gasteiger partial charge < -0.3 is 20.3 Å². The van der Waals surface area contributed by atoms with Gasteiger partial charge in [-0.2, -0.15) is 0 Å². The highest BCUT2D eigenvalue weighted by Crippen LogP contribution is 2.28. The van der Waals surface area contributed by atoms with Gasteiger partial charge in [-0.1, -0.05) is 6.92 Å². The highest BCUT2D eigenvalue weighted by molar-refractivity contribution is 14.0. The van der Waals surface area contributed by atoms with Crippen molar-refractivity contribution in [1.82, 2.24) is 15.5 Å². The molecule has 1 saturated heterocycles. The van der Waals surface area contributed by atoms with Gasteiger partial charge in [-0.05, 0) is 76.9 Å². The van der Waals surface area contributed by atoms with E-state index in [2.05, 4.69) is 29.4 Å². The van der Waals surface area contributed by atoms with E-state index in [1.807, 2.05) is 0 Å². The number of guanidine groups is 1. The van der Waals surface area contributed by atoms with Crippen LogP contribution >= 0.6 is 24.0 Å². The highest BCUT2D eigenvalue weighted by atomic mass is 127. The van der Waals surface area contributed by atoms with Crippen molar-refractivity contribution in [3.63, 3.8) is 0 Å². The molecule has 2 N–H and O–H groups in total. The Balaban J connectivity index is 0.00000312. The van der Waals surface area contributed by atoms with Crippen LogP contribution in [0.1, 0.15) is 52.4 Å². The summed E-state index contributed by atoms with van der Waals surface area (Å²) in [6, 6.07) is 0. The van der Waals surface area contributed by atoms with Crippen molar-refractivity contribution in [3.8, 4) is 0 Å². The first-order chi connectivity index (χ1) is 11.8. The van der Waals surface area contributed by atoms with E-state index < -0.39 is 0 Å². The standard InChI is InChI=1S/C19H38N4O.HI/c1-3-11-23-12-8-17(9-13-23)15-22-19(20-4-2)21-10-5-14-24-16-18-6-7-18;/h17-18H,3-16H2,1-2H3,(H2,20,21,22);1H. The Labute approximate surface area is 171 Å². The smallest absolute Gasteiger partial charge is 0.191 e. The first-order valence-electron chi connectivity index (χ1n) is 10.1. The number of hydrogen-bond donors (Lipinski definition) is 2. The van der Waals surface area contributed by atoms with Crippen molar-refractivity contribution >= 4 is 29.9 Å². The van der Waals surface area contributed by atoms with Crippen molar-refractivity contribution in [1.29, 1.82) is 0 Å². The lowest BCUT2D eigenvalue weighted by molar-refractivity contribution is 0.123. The number of likely N-dealkylation sites (tertiary alicyclic amines) is 1. The largest absolute Gasteiger partial charge is 0.381 e. The van der Waals surface area contributed by atoms with Crippen LogP contribution in [0.15, 0.2) is 4.99 Å². The second kappa shape index (κ2) is 14.0. The summed E-state index contributed by atoms with van der Waals surface area (Å²) in [7, 11) is 0. The maximum atomic E-state index is 5.68. The molecule has 1 heterocycles. The maximum Gasteiger partial charge on any atom is 0.191 e. The Hall–Kier alpha value is -0.0800. The number of hydrogen-bond acceptors (Lipinski definition) is 3. The molecule has 0 atom stereocenters. The topological polar surface area (TPSA) is 48.9 Å². The zero-order chi connectivity index (χ0) is 17.0. The average Bonchev–Trinajstić information content (AvgIpc) is 3.41. The monoisotopic (exact) mass is 466 g/mol. The van der Waals surface area contributed by atoms with Gasteiger partial charge in [-0.25, -0.2) is 0 Å². The summed E-state index contributed by atoms with van der Waals surface area (Å²) in [5.41, 5.74) is 0. The molecule has 0 aromatic carbocycles. The Morgan fingerprint density at radius 1 is 1.08 bits per heavy atom. The molecule has 1 saturated carbocycles. The summed E-state index contributed by atoms with van der Waals surface area (Å²) >= 11 is 0. The fourth-order valence-electron chi connectivity index (χ4n) is 3.19. The van der Waals surface area contributed by atoms with E-state index in [0.29, 0.717) is 0 Å². The molecule has 148 valence electrons. The number of nitrogens with zero attached hydrogens (tertiary/aromatic N) is 2. The lowest BCUT2D eigenvalue weighted by Crippen LogP contribution is -2.39. The van der Waals surface area contributed by atoms with Crippen LogP contribution in [0, 0.1) is 11.8 Å². The van der Waals surface area contributed by atoms with Crippen LogP contribution in [0.3, 0.4) is 0 Å². The van der Waals surface area contributed by atoms with Crippen LogP contribution in [0.4, 0.5) is 0 Å². The number of nitrogens with one attached hydrogen (secondary N) is 2. The number of ether oxygens (including phenoxy) is 1. The fraction of sp³-hybridized carbons (Fsp3) is 0.947. The van der Waals surface area contributed by atoms with Crippen molar-refractivity contribution in [2.45, 2.75) is 52.4 Å². The molecule has 0 amide bonds. The van der Waals surface area contributed by atoms with E-state index in [9.17, 15) is 0 Å². The van der Waals surface area contributed by atoms with Crippen molar-refractivity contribution in [2.24, 2.45) is 16.8 Å². The SMILES string of the molecule is CCCN1CCC(CN=C(NCC)NCCCOCC2CC2)CC1.I. The molecular weight excluding hydrogens is 427 g/mol. The average molecular weight is 466 g/mol. The molecule has 1 aliphatic carbocycles. The summed E-state index contributed by atoms with van der Waals surface area (Å²) in [5, 5.41) is 6.80. The van der Waals surface area contributed by atoms with Gasteiger partial charge in [0.25, 0.3) is 0 Å². The summed E-state index contributed by atoms with van der Waals surface area (Å²) in [4.78, 5) is 7.39. The van der Waals surface area contributed by atoms with Crippen LogP contribution in [0.5, 0.6) is 0 Å². The van der Waals surface area contributed by atoms with Gasteiger partial charge in [-0.3, -0.25) is 4.99 Å². The van der Waals surface area contributed by atoms with Gasteiger partial charge >= 0.3 is 0 Å². The highest BCUT2D eigenvalue weighted by Gasteiger charge is 2.21. The summed E-state index contributed by atoms with van der Waals surface area (Å²) in [5.74, 6) is 2.58. The van der Waals surface area contributed by atoms with E-state index in [1.54, 1.807) is 0 Å². The molecule has 2 rings (SSSR count). The predicted molar refractivity (Wildman–Crippen MR) is 117 cm³/mol. The molecule has 2 fully saturated rings. The number of halogens is 1. The first kappa shape index (κ1) is 23.0. The van der Waals surface area contributed by atoms with Crippen LogP contribution in [0.25, 0.3) is 0 Å². The lowest BCUT2D eigenvalue weighted by atomic mass is 9.97. The fourth-order valence-corrected chi connectivity index (χ4v) is 3.19. The minimum atomic E-state index is 0. The van der Waals surface area contributed by atoms with Gasteiger partial charge in [0.2, 0.25) is 0 Å². The van der Waals surface area contributed by atoms with E-state index in [-0.39, 0.29) is 24.0 Å². The van der Waals surface area contributed by atoms with Crippen molar-refractivity contribution in [3.05, 3.63) is 0 Å². The third-order valence-corrected chi connectivity index (χ3v) is 4.91. The molecule has 0 unspecified atom stereocenters. The third-order valence-electron chi connectivity index (χ3n) is 4.91. The Bertz CT molecular complexity index is 355. The predicted octanol–water partition coefficient (Wildman–Crippen LogP) is 3.10. The molecule has 0 aromatic rings. The van der Waals surface area contributed by atoms with Gasteiger partial charge in [0.05, 0.1) is 0 Å². The van der Waals surface area contributed by atoms with Gasteiger partial charge in [0.15, 0.2) is 5.96 Å². The molecule has 5 nitrogen and oxygen atoms in total. The molecule has 0 aromatic heterocycles. The molecule has 1 aliphatic heterocycles. The third kappa shape index (κ3) is 10.6. The number of aliphatic imine (C=N–C) groups is 1. The summed E-state index contributed by atoms with van der Waals surface area (Å²) in [6.07, 6.45) is 7.63. The number of piperidine rings is 1. The van der Waals surface area contributed by atoms with Crippen LogP contribution in [-0.2, 0) is 4.74 Å². The van der Waals surface area contributed by atoms with Crippen molar-refractivity contribution < 1.29 is 4.74 Å². The molecule has 2 aliphatic rings. The molecule has 6 heteroatoms. The molecule has 0 bridgehead atoms. The van der Waals surface area contributed by atoms with E-state index >= 15 is 0 Å². The molecule has 0 spiro atoms. The van der Waals surface area contributed by atoms with E-state index in [1.165, 1.54) is 51.7 Å². The first-order valence-corrected chi connectivity index (χ1v) is 10.1. The zero-order valence-corrected chi connectivity index (χ0v) is 18.6. The molecule has 25 heavy (non-hydrogen) atoms. The summed E-state index contributed by atoms with van der Waals surface area (Å²) < 4.78 is 5.68. The van der Waals surface area contributed by atoms with Gasteiger partial charge in [0.1, 0.15) is 0 Å². The zero-order valence-electron chi connectivity index (χ0n) is 16.3. The van der Waals surface area contributed by atoms with Gasteiger partial charge in [0, 0.05) is 32.8 Å². The maximum absolute atomic E-state index is 5.68. The molecule has 0 radical (unpaired) electrons. The second-order valence-corrected chi connectivity index (χ2v) is 7.30. The van der Waals surface area contributed by atoms with Crippen LogP contribution in [0.2, 0.25) is 0 Å². The Kier molecular flexibility index (Phi) is 12.9. The second-order valence-electron chi connectivity index (χ2n) is 7.30. The Morgan fingerprint density at radius 3 is 2.48 bits per heavy atom. The van der Waals surface area contributed by atoms with E-state index in [4.69, 9.17) is 9.73 Å². The normalized spacial score (nSPS) is 19.5. The molecular formula is C19H39IN4O. The van der Waals surface area contributed by atoms with Crippen LogP contribution in [-0.4, -0.2) is 63.3 Å². The quantitative estimate of drug-likeness (QED) is 0.213. The minimum Gasteiger partial charge on any atom is -0.381 e. The van der Waals surface area contributed by atoms with Gasteiger partial charge in [-0.15, -0.1) is 24.0 Å². The minimum absolute atomic E-state index is 0. The number of rotatable bonds is 11. The van der Waals surface area contributed by atoms with Crippen LogP contribution < -0.4 is 10.6 Å².